The number of anilines is 1. The van der Waals surface area contributed by atoms with Crippen LogP contribution in [0.5, 0.6) is 5.75 Å². The third kappa shape index (κ3) is 2.89. The monoisotopic (exact) mass is 449 g/mol. The molecule has 5 rings (SSSR count). The first kappa shape index (κ1) is 20.7. The molecule has 0 radical (unpaired) electrons. The zero-order valence-electron chi connectivity index (χ0n) is 16.9. The number of hydrogen-bond acceptors (Lipinski definition) is 5. The highest BCUT2D eigenvalue weighted by Gasteiger charge is 2.63. The molecule has 2 heterocycles. The lowest BCUT2D eigenvalue weighted by Gasteiger charge is -2.47. The van der Waals surface area contributed by atoms with Gasteiger partial charge in [-0.25, -0.2) is 9.07 Å². The zero-order valence-corrected chi connectivity index (χ0v) is 16.9. The van der Waals surface area contributed by atoms with Crippen molar-refractivity contribution in [3.8, 4) is 5.75 Å². The van der Waals surface area contributed by atoms with Crippen LogP contribution in [0, 0.1) is 5.82 Å². The van der Waals surface area contributed by atoms with Crippen LogP contribution in [0.1, 0.15) is 35.9 Å². The molecule has 0 saturated heterocycles. The zero-order chi connectivity index (χ0) is 22.8. The van der Waals surface area contributed by atoms with E-state index in [0.717, 1.165) is 10.7 Å². The van der Waals surface area contributed by atoms with Gasteiger partial charge in [0.2, 0.25) is 0 Å². The molecule has 32 heavy (non-hydrogen) atoms. The Balaban J connectivity index is 1.72. The number of aromatic nitrogens is 2. The van der Waals surface area contributed by atoms with Crippen LogP contribution < -0.4 is 15.6 Å². The quantitative estimate of drug-likeness (QED) is 0.583. The van der Waals surface area contributed by atoms with E-state index >= 15 is 0 Å². The Morgan fingerprint density at radius 1 is 1.25 bits per heavy atom. The maximum Gasteiger partial charge on any atom is 0.419 e. The third-order valence-electron chi connectivity index (χ3n) is 6.43. The van der Waals surface area contributed by atoms with E-state index in [1.54, 1.807) is 6.07 Å². The average molecular weight is 449 g/mol. The highest BCUT2D eigenvalue weighted by atomic mass is 19.4. The van der Waals surface area contributed by atoms with Crippen molar-refractivity contribution in [1.29, 1.82) is 0 Å². The fraction of sp³-hybridized carbons (Fsp3) is 0.364. The van der Waals surface area contributed by atoms with Crippen LogP contribution >= 0.6 is 0 Å². The van der Waals surface area contributed by atoms with Crippen LogP contribution in [-0.4, -0.2) is 33.3 Å². The molecular weight excluding hydrogens is 430 g/mol. The Labute approximate surface area is 179 Å². The maximum atomic E-state index is 14.4. The molecule has 0 amide bonds. The highest BCUT2D eigenvalue weighted by Crippen LogP contribution is 2.56. The van der Waals surface area contributed by atoms with Crippen LogP contribution in [0.4, 0.5) is 23.2 Å². The summed E-state index contributed by atoms with van der Waals surface area (Å²) >= 11 is 0. The van der Waals surface area contributed by atoms with Gasteiger partial charge in [-0.05, 0) is 42.5 Å². The molecule has 6 nitrogen and oxygen atoms in total. The number of aliphatic hydroxyl groups is 1. The molecule has 10 heteroatoms. The summed E-state index contributed by atoms with van der Waals surface area (Å²) < 4.78 is 63.7. The van der Waals surface area contributed by atoms with Crippen molar-refractivity contribution >= 4 is 16.5 Å². The van der Waals surface area contributed by atoms with E-state index in [2.05, 4.69) is 10.4 Å². The molecule has 0 spiro atoms. The van der Waals surface area contributed by atoms with E-state index in [4.69, 9.17) is 4.74 Å². The van der Waals surface area contributed by atoms with Crippen molar-refractivity contribution in [3.63, 3.8) is 0 Å². The van der Waals surface area contributed by atoms with Crippen molar-refractivity contribution in [2.75, 3.05) is 11.9 Å². The Morgan fingerprint density at radius 3 is 2.78 bits per heavy atom. The molecule has 3 aromatic rings. The van der Waals surface area contributed by atoms with Crippen molar-refractivity contribution in [2.45, 2.75) is 36.6 Å². The number of rotatable bonds is 2. The van der Waals surface area contributed by atoms with Gasteiger partial charge in [0.15, 0.2) is 17.2 Å². The summed E-state index contributed by atoms with van der Waals surface area (Å²) in [6.07, 6.45) is -3.98. The minimum atomic E-state index is -4.96. The Kier molecular flexibility index (Phi) is 4.49. The molecule has 3 unspecified atom stereocenters. The average Bonchev–Trinajstić information content (AvgIpc) is 2.74. The van der Waals surface area contributed by atoms with Crippen LogP contribution in [0.3, 0.4) is 0 Å². The molecule has 2 aromatic carbocycles. The number of nitrogens with zero attached hydrogens (tertiary/aromatic N) is 2. The first-order chi connectivity index (χ1) is 15.1. The number of alkyl halides is 3. The second-order valence-corrected chi connectivity index (χ2v) is 8.26. The van der Waals surface area contributed by atoms with Gasteiger partial charge >= 0.3 is 6.18 Å². The molecule has 2 aliphatic rings. The number of benzene rings is 2. The maximum absolute atomic E-state index is 14.4. The van der Waals surface area contributed by atoms with Gasteiger partial charge < -0.3 is 15.2 Å². The summed E-state index contributed by atoms with van der Waals surface area (Å²) in [6.45, 7) is 0.0718. The molecule has 1 aliphatic heterocycles. The minimum Gasteiger partial charge on any atom is -0.490 e. The molecule has 2 N–H and O–H groups in total. The number of fused-ring (bicyclic) bond motifs is 1. The molecule has 3 atom stereocenters. The first-order valence-electron chi connectivity index (χ1n) is 10.1. The summed E-state index contributed by atoms with van der Waals surface area (Å²) in [7, 11) is 1.47. The van der Waals surface area contributed by atoms with Gasteiger partial charge in [0.25, 0.3) is 5.56 Å². The number of aryl methyl sites for hydroxylation is 1. The normalized spacial score (nSPS) is 24.7. The van der Waals surface area contributed by atoms with Gasteiger partial charge in [-0.1, -0.05) is 12.1 Å². The van der Waals surface area contributed by atoms with Gasteiger partial charge in [-0.15, -0.1) is 0 Å². The second-order valence-electron chi connectivity index (χ2n) is 8.26. The third-order valence-corrected chi connectivity index (χ3v) is 6.43. The SMILES string of the molecule is Cn1ncc2c(NC3c4ccc(F)c5c4C(CCO5)CC3(O)C(F)(F)F)cccc2c1=O. The molecule has 168 valence electrons. The fourth-order valence-corrected chi connectivity index (χ4v) is 4.83. The fourth-order valence-electron chi connectivity index (χ4n) is 4.83. The van der Waals surface area contributed by atoms with E-state index in [-0.39, 0.29) is 35.4 Å². The Bertz CT molecular complexity index is 1290. The first-order valence-corrected chi connectivity index (χ1v) is 10.1. The minimum absolute atomic E-state index is 0.0665. The lowest BCUT2D eigenvalue weighted by atomic mass is 9.68. The van der Waals surface area contributed by atoms with Crippen molar-refractivity contribution < 1.29 is 27.4 Å². The number of nitrogens with one attached hydrogen (secondary N) is 1. The largest absolute Gasteiger partial charge is 0.490 e. The van der Waals surface area contributed by atoms with Gasteiger partial charge in [0.1, 0.15) is 0 Å². The molecule has 0 bridgehead atoms. The number of ether oxygens (including phenoxy) is 1. The van der Waals surface area contributed by atoms with Gasteiger partial charge in [0.05, 0.1) is 24.2 Å². The van der Waals surface area contributed by atoms with E-state index in [9.17, 15) is 27.5 Å². The standard InChI is InChI=1S/C22H19F4N3O3/c1-29-20(30)12-3-2-4-16(14(12)10-27-29)28-19-13-5-6-15(23)18-17(13)11(7-8-32-18)9-21(19,31)22(24,25)26/h2-6,10-11,19,28,31H,7-9H2,1H3. The van der Waals surface area contributed by atoms with Gasteiger partial charge in [-0.2, -0.15) is 18.3 Å². The predicted molar refractivity (Wildman–Crippen MR) is 108 cm³/mol. The molecule has 0 saturated carbocycles. The molecule has 1 aromatic heterocycles. The lowest BCUT2D eigenvalue weighted by molar-refractivity contribution is -0.273. The lowest BCUT2D eigenvalue weighted by Crippen LogP contribution is -2.56. The molecule has 0 fully saturated rings. The predicted octanol–water partition coefficient (Wildman–Crippen LogP) is 3.79. The van der Waals surface area contributed by atoms with E-state index in [1.807, 2.05) is 0 Å². The summed E-state index contributed by atoms with van der Waals surface area (Å²) in [4.78, 5) is 12.4. The van der Waals surface area contributed by atoms with Crippen LogP contribution in [-0.2, 0) is 7.05 Å². The number of halogens is 4. The van der Waals surface area contributed by atoms with Crippen molar-refractivity contribution in [2.24, 2.45) is 7.05 Å². The summed E-state index contributed by atoms with van der Waals surface area (Å²) in [5.74, 6) is -1.42. The molecular formula is C22H19F4N3O3. The van der Waals surface area contributed by atoms with Crippen molar-refractivity contribution in [3.05, 3.63) is 63.8 Å². The smallest absolute Gasteiger partial charge is 0.419 e. The van der Waals surface area contributed by atoms with E-state index in [0.29, 0.717) is 10.9 Å². The topological polar surface area (TPSA) is 76.4 Å². The van der Waals surface area contributed by atoms with E-state index < -0.39 is 41.5 Å². The highest BCUT2D eigenvalue weighted by molar-refractivity contribution is 5.92. The second kappa shape index (κ2) is 6.93. The van der Waals surface area contributed by atoms with E-state index in [1.165, 1.54) is 31.4 Å². The number of hydrogen-bond donors (Lipinski definition) is 2. The Morgan fingerprint density at radius 2 is 2.03 bits per heavy atom. The van der Waals surface area contributed by atoms with Crippen molar-refractivity contribution in [1.82, 2.24) is 9.78 Å². The summed E-state index contributed by atoms with van der Waals surface area (Å²) in [6, 6.07) is 5.25. The van der Waals surface area contributed by atoms with Crippen LogP contribution in [0.15, 0.2) is 41.3 Å². The summed E-state index contributed by atoms with van der Waals surface area (Å²) in [5.41, 5.74) is -2.86. The van der Waals surface area contributed by atoms with Crippen LogP contribution in [0.2, 0.25) is 0 Å². The van der Waals surface area contributed by atoms with Gasteiger partial charge in [-0.3, -0.25) is 4.79 Å². The van der Waals surface area contributed by atoms with Gasteiger partial charge in [0, 0.05) is 23.7 Å². The van der Waals surface area contributed by atoms with Crippen LogP contribution in [0.25, 0.3) is 10.8 Å². The Hall–Kier alpha value is -3.14. The summed E-state index contributed by atoms with van der Waals surface area (Å²) in [5, 5.41) is 18.4. The molecule has 1 aliphatic carbocycles.